The lowest BCUT2D eigenvalue weighted by Crippen LogP contribution is -2.16. The average molecular weight is 421 g/mol. The maximum Gasteiger partial charge on any atom is 0.276 e. The summed E-state index contributed by atoms with van der Waals surface area (Å²) in [5.41, 5.74) is 6.85. The van der Waals surface area contributed by atoms with Crippen molar-refractivity contribution in [2.45, 2.75) is 20.8 Å². The van der Waals surface area contributed by atoms with Crippen molar-refractivity contribution in [3.05, 3.63) is 81.2 Å². The van der Waals surface area contributed by atoms with Crippen LogP contribution in [0.15, 0.2) is 54.0 Å². The molecule has 2 heterocycles. The highest BCUT2D eigenvalue weighted by Crippen LogP contribution is 2.29. The molecule has 4 aromatic rings. The molecule has 0 atom stereocenters. The molecule has 0 unspecified atom stereocenters. The second kappa shape index (κ2) is 7.77. The normalized spacial score (nSPS) is 10.9. The molecule has 29 heavy (non-hydrogen) atoms. The molecule has 146 valence electrons. The fraction of sp³-hybridized carbons (Fsp3) is 0.136. The Morgan fingerprint density at radius 2 is 1.83 bits per heavy atom. The molecule has 2 aromatic heterocycles. The minimum Gasteiger partial charge on any atom is -0.336 e. The van der Waals surface area contributed by atoms with Crippen molar-refractivity contribution in [3.8, 4) is 16.9 Å². The summed E-state index contributed by atoms with van der Waals surface area (Å²) in [6, 6.07) is 13.9. The number of imidazole rings is 1. The number of hydrogen-bond donors (Lipinski definition) is 2. The first-order valence-electron chi connectivity index (χ1n) is 9.15. The van der Waals surface area contributed by atoms with Crippen LogP contribution in [0.5, 0.6) is 0 Å². The summed E-state index contributed by atoms with van der Waals surface area (Å²) in [6.45, 7) is 6.27. The molecule has 0 saturated heterocycles. The van der Waals surface area contributed by atoms with Gasteiger partial charge in [0.25, 0.3) is 5.91 Å². The summed E-state index contributed by atoms with van der Waals surface area (Å²) in [6.07, 6.45) is 1.62. The molecule has 0 saturated carbocycles. The minimum absolute atomic E-state index is 0.265. The lowest BCUT2D eigenvalue weighted by Gasteiger charge is -2.08. The average Bonchev–Trinajstić information content (AvgIpc) is 3.32. The lowest BCUT2D eigenvalue weighted by atomic mass is 9.99. The first-order valence-corrected chi connectivity index (χ1v) is 10.4. The summed E-state index contributed by atoms with van der Waals surface area (Å²) in [5, 5.41) is 5.41. The first kappa shape index (κ1) is 19.3. The van der Waals surface area contributed by atoms with Gasteiger partial charge in [0.2, 0.25) is 0 Å². The van der Waals surface area contributed by atoms with Crippen molar-refractivity contribution < 1.29 is 4.79 Å². The number of nitrogens with zero attached hydrogens (tertiary/aromatic N) is 2. The number of H-pyrrole nitrogens is 1. The number of para-hydroxylation sites is 1. The monoisotopic (exact) mass is 420 g/mol. The van der Waals surface area contributed by atoms with E-state index in [1.165, 1.54) is 28.0 Å². The van der Waals surface area contributed by atoms with Gasteiger partial charge in [-0.15, -0.1) is 11.3 Å². The van der Waals surface area contributed by atoms with Gasteiger partial charge < -0.3 is 4.98 Å². The van der Waals surface area contributed by atoms with E-state index >= 15 is 0 Å². The number of amides is 1. The molecule has 1 amide bonds. The maximum atomic E-state index is 12.9. The zero-order valence-electron chi connectivity index (χ0n) is 16.3. The second-order valence-corrected chi connectivity index (χ2v) is 8.14. The van der Waals surface area contributed by atoms with Crippen LogP contribution in [0.25, 0.3) is 16.9 Å². The van der Waals surface area contributed by atoms with Crippen LogP contribution in [-0.4, -0.2) is 20.4 Å². The smallest absolute Gasteiger partial charge is 0.276 e. The molecular weight excluding hydrogens is 400 g/mol. The third kappa shape index (κ3) is 3.79. The van der Waals surface area contributed by atoms with E-state index in [-0.39, 0.29) is 5.91 Å². The minimum atomic E-state index is -0.265. The van der Waals surface area contributed by atoms with Crippen molar-refractivity contribution in [2.75, 3.05) is 5.32 Å². The van der Waals surface area contributed by atoms with Crippen LogP contribution < -0.4 is 5.32 Å². The number of hydrogen-bond acceptors (Lipinski definition) is 4. The number of carbonyl (C=O) groups excluding carboxylic acids is 1. The van der Waals surface area contributed by atoms with Crippen LogP contribution >= 0.6 is 23.6 Å². The molecular formula is C22H20N4OS2. The molecule has 0 aliphatic rings. The molecule has 0 spiro atoms. The van der Waals surface area contributed by atoms with Gasteiger partial charge in [0, 0.05) is 22.8 Å². The van der Waals surface area contributed by atoms with E-state index in [1.807, 2.05) is 35.7 Å². The first-order chi connectivity index (χ1) is 13.9. The van der Waals surface area contributed by atoms with Gasteiger partial charge in [-0.25, -0.2) is 4.98 Å². The van der Waals surface area contributed by atoms with Crippen molar-refractivity contribution in [2.24, 2.45) is 0 Å². The van der Waals surface area contributed by atoms with Gasteiger partial charge in [-0.2, -0.15) is 0 Å². The predicted octanol–water partition coefficient (Wildman–Crippen LogP) is 5.84. The summed E-state index contributed by atoms with van der Waals surface area (Å²) in [4.78, 5) is 20.5. The molecule has 0 bridgehead atoms. The van der Waals surface area contributed by atoms with Crippen LogP contribution in [0.4, 0.5) is 5.13 Å². The fourth-order valence-electron chi connectivity index (χ4n) is 3.22. The van der Waals surface area contributed by atoms with Crippen LogP contribution in [0.3, 0.4) is 0 Å². The van der Waals surface area contributed by atoms with Crippen LogP contribution in [-0.2, 0) is 0 Å². The predicted molar refractivity (Wildman–Crippen MR) is 121 cm³/mol. The zero-order chi connectivity index (χ0) is 20.5. The molecule has 2 aromatic carbocycles. The number of aromatic amines is 1. The summed E-state index contributed by atoms with van der Waals surface area (Å²) in [7, 11) is 0. The Hall–Kier alpha value is -3.03. The van der Waals surface area contributed by atoms with Gasteiger partial charge in [0.05, 0.1) is 5.69 Å². The van der Waals surface area contributed by atoms with Gasteiger partial charge in [0.1, 0.15) is 5.69 Å². The molecule has 0 aliphatic carbocycles. The Kier molecular flexibility index (Phi) is 5.17. The number of aromatic nitrogens is 3. The van der Waals surface area contributed by atoms with Crippen molar-refractivity contribution >= 4 is 34.6 Å². The van der Waals surface area contributed by atoms with E-state index < -0.39 is 0 Å². The third-order valence-electron chi connectivity index (χ3n) is 4.86. The van der Waals surface area contributed by atoms with E-state index in [0.717, 1.165) is 16.9 Å². The largest absolute Gasteiger partial charge is 0.336 e. The van der Waals surface area contributed by atoms with Crippen LogP contribution in [0, 0.1) is 25.5 Å². The summed E-state index contributed by atoms with van der Waals surface area (Å²) in [5.74, 6) is -0.265. The summed E-state index contributed by atoms with van der Waals surface area (Å²) >= 11 is 6.76. The van der Waals surface area contributed by atoms with Crippen molar-refractivity contribution in [3.63, 3.8) is 0 Å². The Balaban J connectivity index is 1.62. The van der Waals surface area contributed by atoms with Gasteiger partial charge in [-0.1, -0.05) is 24.3 Å². The highest BCUT2D eigenvalue weighted by molar-refractivity contribution is 7.71. The second-order valence-electron chi connectivity index (χ2n) is 6.89. The Bertz CT molecular complexity index is 1250. The number of anilines is 1. The highest BCUT2D eigenvalue weighted by Gasteiger charge is 2.17. The van der Waals surface area contributed by atoms with E-state index in [2.05, 4.69) is 48.2 Å². The molecule has 7 heteroatoms. The Morgan fingerprint density at radius 3 is 2.59 bits per heavy atom. The Morgan fingerprint density at radius 1 is 1.10 bits per heavy atom. The Labute approximate surface area is 178 Å². The number of thiazole rings is 1. The highest BCUT2D eigenvalue weighted by atomic mass is 32.1. The van der Waals surface area contributed by atoms with Crippen molar-refractivity contribution in [1.82, 2.24) is 14.5 Å². The van der Waals surface area contributed by atoms with E-state index in [9.17, 15) is 4.79 Å². The van der Waals surface area contributed by atoms with Gasteiger partial charge >= 0.3 is 0 Å². The van der Waals surface area contributed by atoms with E-state index in [4.69, 9.17) is 12.2 Å². The molecule has 2 N–H and O–H groups in total. The lowest BCUT2D eigenvalue weighted by molar-refractivity contribution is 0.102. The van der Waals surface area contributed by atoms with Gasteiger partial charge in [-0.3, -0.25) is 14.7 Å². The number of aryl methyl sites for hydroxylation is 3. The van der Waals surface area contributed by atoms with Gasteiger partial charge in [-0.05, 0) is 67.9 Å². The number of nitrogens with one attached hydrogen (secondary N) is 2. The number of benzene rings is 2. The number of carbonyl (C=O) groups is 1. The van der Waals surface area contributed by atoms with E-state index in [1.54, 1.807) is 10.8 Å². The molecule has 0 fully saturated rings. The standard InChI is InChI=1S/C22H20N4OS2/c1-13-9-15(3)17(10-14(13)2)18-12-29-21(24-18)25-20(27)19-11-23-22(28)26(19)16-7-5-4-6-8-16/h4-12H,1-3H3,(H,23,28)(H,24,25,27). The fourth-order valence-corrected chi connectivity index (χ4v) is 4.19. The topological polar surface area (TPSA) is 62.7 Å². The third-order valence-corrected chi connectivity index (χ3v) is 5.92. The molecule has 0 radical (unpaired) electrons. The van der Waals surface area contributed by atoms with Crippen molar-refractivity contribution in [1.29, 1.82) is 0 Å². The van der Waals surface area contributed by atoms with Gasteiger partial charge in [0.15, 0.2) is 9.90 Å². The molecule has 5 nitrogen and oxygen atoms in total. The quantitative estimate of drug-likeness (QED) is 0.408. The SMILES string of the molecule is Cc1cc(C)c(-c2csc(NC(=O)c3c[nH]c(=S)n3-c3ccccc3)n2)cc1C. The molecule has 4 rings (SSSR count). The van der Waals surface area contributed by atoms with E-state index in [0.29, 0.717) is 15.6 Å². The zero-order valence-corrected chi connectivity index (χ0v) is 17.9. The summed E-state index contributed by atoms with van der Waals surface area (Å²) < 4.78 is 2.18. The number of rotatable bonds is 4. The maximum absolute atomic E-state index is 12.9. The van der Waals surface area contributed by atoms with Crippen LogP contribution in [0.2, 0.25) is 0 Å². The molecule has 0 aliphatic heterocycles. The van der Waals surface area contributed by atoms with Crippen LogP contribution in [0.1, 0.15) is 27.2 Å².